The molecule has 0 unspecified atom stereocenters. The zero-order chi connectivity index (χ0) is 16.0. The van der Waals surface area contributed by atoms with Crippen molar-refractivity contribution in [3.63, 3.8) is 0 Å². The maximum atomic E-state index is 11.4. The minimum absolute atomic E-state index is 0.213. The fourth-order valence-corrected chi connectivity index (χ4v) is 1.85. The molecule has 21 heavy (non-hydrogen) atoms. The SMILES string of the molecule is CCCCCCCCOCCOCCC(=O)OC(C)(C)C. The maximum absolute atomic E-state index is 11.4. The first-order chi connectivity index (χ1) is 9.95. The second-order valence-corrected chi connectivity index (χ2v) is 6.33. The average Bonchev–Trinajstić information content (AvgIpc) is 2.38. The smallest absolute Gasteiger partial charge is 0.308 e. The van der Waals surface area contributed by atoms with Crippen LogP contribution in [0.3, 0.4) is 0 Å². The van der Waals surface area contributed by atoms with Crippen molar-refractivity contribution in [2.45, 2.75) is 78.2 Å². The van der Waals surface area contributed by atoms with E-state index >= 15 is 0 Å². The van der Waals surface area contributed by atoms with Gasteiger partial charge in [0.05, 0.1) is 26.2 Å². The number of ether oxygens (including phenoxy) is 3. The Labute approximate surface area is 130 Å². The molecule has 4 heteroatoms. The number of hydrogen-bond donors (Lipinski definition) is 0. The van der Waals surface area contributed by atoms with Crippen molar-refractivity contribution in [3.05, 3.63) is 0 Å². The van der Waals surface area contributed by atoms with Gasteiger partial charge in [-0.05, 0) is 27.2 Å². The zero-order valence-electron chi connectivity index (χ0n) is 14.4. The lowest BCUT2D eigenvalue weighted by Gasteiger charge is -2.19. The Balaban J connectivity index is 3.17. The summed E-state index contributed by atoms with van der Waals surface area (Å²) in [6.45, 7) is 10.2. The molecule has 0 aromatic heterocycles. The number of esters is 1. The molecule has 0 fully saturated rings. The van der Waals surface area contributed by atoms with Gasteiger partial charge in [-0.2, -0.15) is 0 Å². The molecule has 0 rings (SSSR count). The van der Waals surface area contributed by atoms with Crippen LogP contribution in [-0.4, -0.2) is 38.0 Å². The second kappa shape index (κ2) is 13.1. The van der Waals surface area contributed by atoms with E-state index in [0.717, 1.165) is 13.0 Å². The monoisotopic (exact) mass is 302 g/mol. The molecule has 0 amide bonds. The Morgan fingerprint density at radius 1 is 0.810 bits per heavy atom. The highest BCUT2D eigenvalue weighted by Crippen LogP contribution is 2.08. The van der Waals surface area contributed by atoms with E-state index in [-0.39, 0.29) is 5.97 Å². The minimum atomic E-state index is -0.419. The van der Waals surface area contributed by atoms with Crippen molar-refractivity contribution in [1.29, 1.82) is 0 Å². The van der Waals surface area contributed by atoms with Crippen LogP contribution in [0.2, 0.25) is 0 Å². The molecule has 0 spiro atoms. The Morgan fingerprint density at radius 2 is 1.38 bits per heavy atom. The summed E-state index contributed by atoms with van der Waals surface area (Å²) >= 11 is 0. The van der Waals surface area contributed by atoms with Gasteiger partial charge in [-0.1, -0.05) is 39.0 Å². The third kappa shape index (κ3) is 17.3. The van der Waals surface area contributed by atoms with Gasteiger partial charge >= 0.3 is 5.97 Å². The molecule has 126 valence electrons. The molecule has 0 aliphatic heterocycles. The molecule has 0 heterocycles. The van der Waals surface area contributed by atoms with Gasteiger partial charge in [-0.3, -0.25) is 4.79 Å². The van der Waals surface area contributed by atoms with Gasteiger partial charge in [-0.15, -0.1) is 0 Å². The Hall–Kier alpha value is -0.610. The lowest BCUT2D eigenvalue weighted by Crippen LogP contribution is -2.24. The van der Waals surface area contributed by atoms with Gasteiger partial charge in [0.1, 0.15) is 5.60 Å². The standard InChI is InChI=1S/C17H34O4/c1-5-6-7-8-9-10-12-19-14-15-20-13-11-16(18)21-17(2,3)4/h5-15H2,1-4H3. The molecule has 0 atom stereocenters. The van der Waals surface area contributed by atoms with Crippen molar-refractivity contribution >= 4 is 5.97 Å². The molecule has 0 bridgehead atoms. The Bertz CT molecular complexity index is 246. The predicted molar refractivity (Wildman–Crippen MR) is 85.5 cm³/mol. The number of unbranched alkanes of at least 4 members (excludes halogenated alkanes) is 5. The molecule has 4 nitrogen and oxygen atoms in total. The summed E-state index contributed by atoms with van der Waals surface area (Å²) in [5.41, 5.74) is -0.419. The van der Waals surface area contributed by atoms with Gasteiger partial charge in [0, 0.05) is 6.61 Å². The molecule has 0 N–H and O–H groups in total. The predicted octanol–water partition coefficient (Wildman–Crippen LogP) is 4.11. The van der Waals surface area contributed by atoms with Crippen LogP contribution in [0.5, 0.6) is 0 Å². The summed E-state index contributed by atoms with van der Waals surface area (Å²) in [6, 6.07) is 0. The first-order valence-electron chi connectivity index (χ1n) is 8.33. The fraction of sp³-hybridized carbons (Fsp3) is 0.941. The van der Waals surface area contributed by atoms with Crippen LogP contribution in [0.15, 0.2) is 0 Å². The number of rotatable bonds is 13. The van der Waals surface area contributed by atoms with Crippen LogP contribution in [0.1, 0.15) is 72.6 Å². The van der Waals surface area contributed by atoms with Crippen molar-refractivity contribution in [3.8, 4) is 0 Å². The van der Waals surface area contributed by atoms with Crippen LogP contribution < -0.4 is 0 Å². The van der Waals surface area contributed by atoms with E-state index in [2.05, 4.69) is 6.92 Å². The highest BCUT2D eigenvalue weighted by atomic mass is 16.6. The van der Waals surface area contributed by atoms with Gasteiger partial charge in [0.15, 0.2) is 0 Å². The van der Waals surface area contributed by atoms with E-state index in [0.29, 0.717) is 26.2 Å². The summed E-state index contributed by atoms with van der Waals surface area (Å²) < 4.78 is 16.0. The van der Waals surface area contributed by atoms with Gasteiger partial charge in [0.25, 0.3) is 0 Å². The Kier molecular flexibility index (Phi) is 12.7. The van der Waals surface area contributed by atoms with Gasteiger partial charge in [-0.25, -0.2) is 0 Å². The van der Waals surface area contributed by atoms with Crippen molar-refractivity contribution in [1.82, 2.24) is 0 Å². The zero-order valence-corrected chi connectivity index (χ0v) is 14.4. The Morgan fingerprint density at radius 3 is 2.00 bits per heavy atom. The quantitative estimate of drug-likeness (QED) is 0.379. The third-order valence-electron chi connectivity index (χ3n) is 2.88. The topological polar surface area (TPSA) is 44.8 Å². The molecule has 0 aromatic carbocycles. The number of carbonyl (C=O) groups is 1. The summed E-state index contributed by atoms with van der Waals surface area (Å²) in [6.07, 6.45) is 7.95. The molecule has 0 radical (unpaired) electrons. The maximum Gasteiger partial charge on any atom is 0.308 e. The van der Waals surface area contributed by atoms with Crippen molar-refractivity contribution in [2.24, 2.45) is 0 Å². The second-order valence-electron chi connectivity index (χ2n) is 6.33. The average molecular weight is 302 g/mol. The molecular weight excluding hydrogens is 268 g/mol. The van der Waals surface area contributed by atoms with Crippen LogP contribution in [0.4, 0.5) is 0 Å². The first-order valence-corrected chi connectivity index (χ1v) is 8.33. The summed E-state index contributed by atoms with van der Waals surface area (Å²) in [5.74, 6) is -0.213. The van der Waals surface area contributed by atoms with Crippen LogP contribution >= 0.6 is 0 Å². The summed E-state index contributed by atoms with van der Waals surface area (Å²) in [5, 5.41) is 0. The van der Waals surface area contributed by atoms with E-state index in [1.54, 1.807) is 0 Å². The summed E-state index contributed by atoms with van der Waals surface area (Å²) in [4.78, 5) is 11.4. The third-order valence-corrected chi connectivity index (χ3v) is 2.88. The molecular formula is C17H34O4. The molecule has 0 saturated carbocycles. The van der Waals surface area contributed by atoms with E-state index in [9.17, 15) is 4.79 Å². The fourth-order valence-electron chi connectivity index (χ4n) is 1.85. The van der Waals surface area contributed by atoms with Crippen molar-refractivity contribution in [2.75, 3.05) is 26.4 Å². The van der Waals surface area contributed by atoms with Crippen LogP contribution in [0, 0.1) is 0 Å². The lowest BCUT2D eigenvalue weighted by molar-refractivity contribution is -0.156. The van der Waals surface area contributed by atoms with E-state index < -0.39 is 5.60 Å². The molecule has 0 saturated heterocycles. The minimum Gasteiger partial charge on any atom is -0.460 e. The summed E-state index contributed by atoms with van der Waals surface area (Å²) in [7, 11) is 0. The number of hydrogen-bond acceptors (Lipinski definition) is 4. The molecule has 0 aliphatic rings. The normalized spacial score (nSPS) is 11.6. The van der Waals surface area contributed by atoms with Crippen molar-refractivity contribution < 1.29 is 19.0 Å². The lowest BCUT2D eigenvalue weighted by atomic mass is 10.1. The van der Waals surface area contributed by atoms with Crippen LogP contribution in [0.25, 0.3) is 0 Å². The first kappa shape index (κ1) is 20.4. The molecule has 0 aliphatic carbocycles. The van der Waals surface area contributed by atoms with E-state index in [1.165, 1.54) is 32.1 Å². The number of carbonyl (C=O) groups excluding carboxylic acids is 1. The van der Waals surface area contributed by atoms with E-state index in [4.69, 9.17) is 14.2 Å². The highest BCUT2D eigenvalue weighted by Gasteiger charge is 2.15. The van der Waals surface area contributed by atoms with Gasteiger partial charge < -0.3 is 14.2 Å². The van der Waals surface area contributed by atoms with E-state index in [1.807, 2.05) is 20.8 Å². The highest BCUT2D eigenvalue weighted by molar-refractivity contribution is 5.69. The van der Waals surface area contributed by atoms with Crippen LogP contribution in [-0.2, 0) is 19.0 Å². The van der Waals surface area contributed by atoms with Gasteiger partial charge in [0.2, 0.25) is 0 Å². The largest absolute Gasteiger partial charge is 0.460 e. The molecule has 0 aromatic rings.